The minimum atomic E-state index is -0.210. The Morgan fingerprint density at radius 1 is 0.962 bits per heavy atom. The topological polar surface area (TPSA) is 38.3 Å². The largest absolute Gasteiger partial charge is 0.484 e. The van der Waals surface area contributed by atoms with E-state index in [-0.39, 0.29) is 18.6 Å². The SMILES string of the molecule is Cc1ccccc1[C@H](NC(=O)COc1ccc(Br)cc1)c1ccccc1. The number of rotatable bonds is 6. The van der Waals surface area contributed by atoms with Crippen molar-refractivity contribution in [1.82, 2.24) is 5.32 Å². The first-order chi connectivity index (χ1) is 12.6. The van der Waals surface area contributed by atoms with Gasteiger partial charge >= 0.3 is 0 Å². The number of aryl methyl sites for hydroxylation is 1. The van der Waals surface area contributed by atoms with Crippen molar-refractivity contribution in [3.05, 3.63) is 100 Å². The first kappa shape index (κ1) is 18.2. The molecular weight excluding hydrogens is 390 g/mol. The molecule has 26 heavy (non-hydrogen) atoms. The fourth-order valence-corrected chi connectivity index (χ4v) is 3.04. The van der Waals surface area contributed by atoms with Gasteiger partial charge in [-0.2, -0.15) is 0 Å². The zero-order valence-corrected chi connectivity index (χ0v) is 16.1. The van der Waals surface area contributed by atoms with Crippen LogP contribution in [0.3, 0.4) is 0 Å². The number of carbonyl (C=O) groups excluding carboxylic acids is 1. The van der Waals surface area contributed by atoms with Gasteiger partial charge in [0, 0.05) is 4.47 Å². The molecule has 1 amide bonds. The van der Waals surface area contributed by atoms with Crippen molar-refractivity contribution >= 4 is 21.8 Å². The Balaban J connectivity index is 1.74. The van der Waals surface area contributed by atoms with Gasteiger partial charge in [0.1, 0.15) is 5.75 Å². The van der Waals surface area contributed by atoms with E-state index in [1.165, 1.54) is 0 Å². The van der Waals surface area contributed by atoms with Crippen LogP contribution in [0.5, 0.6) is 5.75 Å². The molecule has 3 rings (SSSR count). The van der Waals surface area contributed by atoms with Crippen LogP contribution in [0.1, 0.15) is 22.7 Å². The maximum atomic E-state index is 12.5. The summed E-state index contributed by atoms with van der Waals surface area (Å²) in [6.07, 6.45) is 0. The molecule has 0 aliphatic rings. The van der Waals surface area contributed by atoms with Crippen molar-refractivity contribution < 1.29 is 9.53 Å². The molecule has 0 aliphatic carbocycles. The van der Waals surface area contributed by atoms with Crippen molar-refractivity contribution in [2.75, 3.05) is 6.61 Å². The van der Waals surface area contributed by atoms with Crippen LogP contribution >= 0.6 is 15.9 Å². The molecule has 0 heterocycles. The Kier molecular flexibility index (Phi) is 6.08. The highest BCUT2D eigenvalue weighted by Crippen LogP contribution is 2.24. The zero-order valence-electron chi connectivity index (χ0n) is 14.5. The zero-order chi connectivity index (χ0) is 18.4. The Labute approximate surface area is 162 Å². The average Bonchev–Trinajstić information content (AvgIpc) is 2.67. The summed E-state index contributed by atoms with van der Waals surface area (Å²) in [6.45, 7) is 2.02. The number of carbonyl (C=O) groups is 1. The fourth-order valence-electron chi connectivity index (χ4n) is 2.78. The molecule has 3 aromatic carbocycles. The minimum Gasteiger partial charge on any atom is -0.484 e. The van der Waals surface area contributed by atoms with Crippen LogP contribution in [-0.4, -0.2) is 12.5 Å². The summed E-state index contributed by atoms with van der Waals surface area (Å²) in [5, 5.41) is 3.10. The molecule has 0 spiro atoms. The second kappa shape index (κ2) is 8.68. The number of amides is 1. The molecule has 132 valence electrons. The molecule has 1 N–H and O–H groups in total. The summed E-state index contributed by atoms with van der Waals surface area (Å²) in [5.74, 6) is 0.500. The van der Waals surface area contributed by atoms with Crippen molar-refractivity contribution in [3.8, 4) is 5.75 Å². The van der Waals surface area contributed by atoms with E-state index in [0.29, 0.717) is 5.75 Å². The summed E-state index contributed by atoms with van der Waals surface area (Å²) in [6, 6.07) is 25.3. The lowest BCUT2D eigenvalue weighted by Gasteiger charge is -2.21. The number of hydrogen-bond donors (Lipinski definition) is 1. The molecule has 0 aliphatic heterocycles. The van der Waals surface area contributed by atoms with Gasteiger partial charge in [-0.15, -0.1) is 0 Å². The van der Waals surface area contributed by atoms with Gasteiger partial charge in [0.15, 0.2) is 6.61 Å². The molecular formula is C22H20BrNO2. The molecule has 0 bridgehead atoms. The molecule has 4 heteroatoms. The minimum absolute atomic E-state index is 0.0309. The monoisotopic (exact) mass is 409 g/mol. The highest BCUT2D eigenvalue weighted by Gasteiger charge is 2.18. The number of nitrogens with one attached hydrogen (secondary N) is 1. The predicted octanol–water partition coefficient (Wildman–Crippen LogP) is 5.04. The molecule has 0 saturated carbocycles. The molecule has 3 aromatic rings. The quantitative estimate of drug-likeness (QED) is 0.618. The Hall–Kier alpha value is -2.59. The molecule has 0 saturated heterocycles. The van der Waals surface area contributed by atoms with Crippen LogP contribution in [0, 0.1) is 6.92 Å². The van der Waals surface area contributed by atoms with Crippen LogP contribution in [0.4, 0.5) is 0 Å². The van der Waals surface area contributed by atoms with E-state index in [1.54, 1.807) is 0 Å². The van der Waals surface area contributed by atoms with Gasteiger partial charge in [-0.05, 0) is 47.9 Å². The van der Waals surface area contributed by atoms with Gasteiger partial charge in [-0.25, -0.2) is 0 Å². The molecule has 3 nitrogen and oxygen atoms in total. The molecule has 0 radical (unpaired) electrons. The molecule has 0 unspecified atom stereocenters. The number of halogens is 1. The van der Waals surface area contributed by atoms with Crippen LogP contribution < -0.4 is 10.1 Å². The second-order valence-electron chi connectivity index (χ2n) is 6.01. The summed E-state index contributed by atoms with van der Waals surface area (Å²) in [4.78, 5) is 12.5. The lowest BCUT2D eigenvalue weighted by atomic mass is 9.95. The Morgan fingerprint density at radius 2 is 1.62 bits per heavy atom. The summed E-state index contributed by atoms with van der Waals surface area (Å²) in [7, 11) is 0. The van der Waals surface area contributed by atoms with Gasteiger partial charge in [0.25, 0.3) is 5.91 Å². The Bertz CT molecular complexity index is 863. The number of benzene rings is 3. The smallest absolute Gasteiger partial charge is 0.258 e. The highest BCUT2D eigenvalue weighted by molar-refractivity contribution is 9.10. The fraction of sp³-hybridized carbons (Fsp3) is 0.136. The number of ether oxygens (including phenoxy) is 1. The molecule has 0 fully saturated rings. The summed E-state index contributed by atoms with van der Waals surface area (Å²) in [5.41, 5.74) is 3.25. The maximum Gasteiger partial charge on any atom is 0.258 e. The van der Waals surface area contributed by atoms with Crippen molar-refractivity contribution in [1.29, 1.82) is 0 Å². The van der Waals surface area contributed by atoms with Gasteiger partial charge < -0.3 is 10.1 Å². The van der Waals surface area contributed by atoms with Crippen LogP contribution in [0.25, 0.3) is 0 Å². The van der Waals surface area contributed by atoms with E-state index < -0.39 is 0 Å². The van der Waals surface area contributed by atoms with E-state index in [1.807, 2.05) is 72.8 Å². The second-order valence-corrected chi connectivity index (χ2v) is 6.93. The Morgan fingerprint density at radius 3 is 2.31 bits per heavy atom. The molecule has 1 atom stereocenters. The van der Waals surface area contributed by atoms with Crippen molar-refractivity contribution in [2.45, 2.75) is 13.0 Å². The third-order valence-electron chi connectivity index (χ3n) is 4.12. The van der Waals surface area contributed by atoms with E-state index in [4.69, 9.17) is 4.74 Å². The summed E-state index contributed by atoms with van der Waals surface area (Å²) >= 11 is 3.38. The van der Waals surface area contributed by atoms with Crippen molar-refractivity contribution in [2.24, 2.45) is 0 Å². The third-order valence-corrected chi connectivity index (χ3v) is 4.65. The van der Waals surface area contributed by atoms with E-state index in [2.05, 4.69) is 34.2 Å². The van der Waals surface area contributed by atoms with Gasteiger partial charge in [0.2, 0.25) is 0 Å². The van der Waals surface area contributed by atoms with E-state index >= 15 is 0 Å². The third kappa shape index (κ3) is 4.73. The van der Waals surface area contributed by atoms with E-state index in [9.17, 15) is 4.79 Å². The van der Waals surface area contributed by atoms with Crippen LogP contribution in [0.15, 0.2) is 83.3 Å². The molecule has 0 aromatic heterocycles. The highest BCUT2D eigenvalue weighted by atomic mass is 79.9. The number of hydrogen-bond acceptors (Lipinski definition) is 2. The standard InChI is InChI=1S/C22H20BrNO2/c1-16-7-5-6-10-20(16)22(17-8-3-2-4-9-17)24-21(25)15-26-19-13-11-18(23)12-14-19/h2-14,22H,15H2,1H3,(H,24,25)/t22-/m1/s1. The summed E-state index contributed by atoms with van der Waals surface area (Å²) < 4.78 is 6.56. The van der Waals surface area contributed by atoms with Crippen LogP contribution in [0.2, 0.25) is 0 Å². The lowest BCUT2D eigenvalue weighted by molar-refractivity contribution is -0.123. The van der Waals surface area contributed by atoms with E-state index in [0.717, 1.165) is 21.2 Å². The van der Waals surface area contributed by atoms with Crippen molar-refractivity contribution in [3.63, 3.8) is 0 Å². The lowest BCUT2D eigenvalue weighted by Crippen LogP contribution is -2.33. The average molecular weight is 410 g/mol. The van der Waals surface area contributed by atoms with Crippen LogP contribution in [-0.2, 0) is 4.79 Å². The van der Waals surface area contributed by atoms with Gasteiger partial charge in [-0.3, -0.25) is 4.79 Å². The first-order valence-electron chi connectivity index (χ1n) is 8.41. The first-order valence-corrected chi connectivity index (χ1v) is 9.21. The van der Waals surface area contributed by atoms with Gasteiger partial charge in [-0.1, -0.05) is 70.5 Å². The predicted molar refractivity (Wildman–Crippen MR) is 107 cm³/mol. The normalized spacial score (nSPS) is 11.6. The van der Waals surface area contributed by atoms with Gasteiger partial charge in [0.05, 0.1) is 6.04 Å². The maximum absolute atomic E-state index is 12.5.